The molecule has 170 valence electrons. The van der Waals surface area contributed by atoms with Crippen LogP contribution in [0.15, 0.2) is 66.3 Å². The molecular formula is C21H20N6O5S. The molecule has 33 heavy (non-hydrogen) atoms. The van der Waals surface area contributed by atoms with Crippen molar-refractivity contribution in [3.05, 3.63) is 76.9 Å². The fourth-order valence-electron chi connectivity index (χ4n) is 2.77. The molecule has 0 fully saturated rings. The first-order valence-corrected chi connectivity index (χ1v) is 10.6. The van der Waals surface area contributed by atoms with Gasteiger partial charge in [-0.15, -0.1) is 16.8 Å². The van der Waals surface area contributed by atoms with Crippen LogP contribution >= 0.6 is 11.8 Å². The number of methoxy groups -OCH3 is 1. The van der Waals surface area contributed by atoms with Gasteiger partial charge < -0.3 is 4.74 Å². The van der Waals surface area contributed by atoms with Gasteiger partial charge in [0.15, 0.2) is 11.0 Å². The van der Waals surface area contributed by atoms with E-state index in [0.717, 1.165) is 23.4 Å². The van der Waals surface area contributed by atoms with E-state index in [1.807, 2.05) is 28.8 Å². The lowest BCUT2D eigenvalue weighted by Gasteiger charge is -2.09. The Morgan fingerprint density at radius 1 is 1.21 bits per heavy atom. The molecule has 3 rings (SSSR count). The van der Waals surface area contributed by atoms with Crippen molar-refractivity contribution < 1.29 is 19.2 Å². The molecule has 1 aromatic heterocycles. The van der Waals surface area contributed by atoms with E-state index in [-0.39, 0.29) is 17.0 Å². The Morgan fingerprint density at radius 3 is 2.64 bits per heavy atom. The monoisotopic (exact) mass is 468 g/mol. The molecule has 0 saturated carbocycles. The third-order valence-electron chi connectivity index (χ3n) is 4.34. The normalized spacial score (nSPS) is 10.3. The first-order chi connectivity index (χ1) is 15.9. The van der Waals surface area contributed by atoms with E-state index >= 15 is 0 Å². The van der Waals surface area contributed by atoms with Crippen LogP contribution in [0.2, 0.25) is 0 Å². The van der Waals surface area contributed by atoms with Crippen LogP contribution in [0.4, 0.5) is 5.69 Å². The lowest BCUT2D eigenvalue weighted by atomic mass is 10.2. The predicted octanol–water partition coefficient (Wildman–Crippen LogP) is 2.60. The smallest absolute Gasteiger partial charge is 0.270 e. The summed E-state index contributed by atoms with van der Waals surface area (Å²) >= 11 is 1.14. The van der Waals surface area contributed by atoms with E-state index in [4.69, 9.17) is 4.74 Å². The summed E-state index contributed by atoms with van der Waals surface area (Å²) in [4.78, 5) is 34.6. The molecule has 0 aliphatic carbocycles. The molecule has 3 aromatic rings. The van der Waals surface area contributed by atoms with Crippen LogP contribution in [-0.4, -0.2) is 44.4 Å². The van der Waals surface area contributed by atoms with Crippen molar-refractivity contribution in [1.29, 1.82) is 0 Å². The summed E-state index contributed by atoms with van der Waals surface area (Å²) in [6.07, 6.45) is 1.69. The minimum atomic E-state index is -0.673. The SMILES string of the molecule is C=CCn1c(SCC(=O)NNC(=O)c2cccc([N+](=O)[O-])c2)nnc1-c1ccc(OC)cc1. The van der Waals surface area contributed by atoms with Gasteiger partial charge in [-0.3, -0.25) is 35.1 Å². The quantitative estimate of drug-likeness (QED) is 0.211. The summed E-state index contributed by atoms with van der Waals surface area (Å²) in [5, 5.41) is 19.7. The van der Waals surface area contributed by atoms with Crippen molar-refractivity contribution in [3.8, 4) is 17.1 Å². The van der Waals surface area contributed by atoms with Gasteiger partial charge in [-0.1, -0.05) is 23.9 Å². The predicted molar refractivity (Wildman–Crippen MR) is 122 cm³/mol. The number of ether oxygens (including phenoxy) is 1. The summed E-state index contributed by atoms with van der Waals surface area (Å²) in [5.74, 6) is 0.116. The van der Waals surface area contributed by atoms with Crippen molar-refractivity contribution in [2.45, 2.75) is 11.7 Å². The van der Waals surface area contributed by atoms with Gasteiger partial charge in [0.25, 0.3) is 11.6 Å². The second-order valence-corrected chi connectivity index (χ2v) is 7.47. The third-order valence-corrected chi connectivity index (χ3v) is 5.31. The summed E-state index contributed by atoms with van der Waals surface area (Å²) in [7, 11) is 1.58. The number of nitrogens with one attached hydrogen (secondary N) is 2. The largest absolute Gasteiger partial charge is 0.497 e. The van der Waals surface area contributed by atoms with Gasteiger partial charge in [0.05, 0.1) is 17.8 Å². The minimum absolute atomic E-state index is 0.0482. The standard InChI is InChI=1S/C21H20N6O5S/c1-3-11-26-19(14-7-9-17(32-2)10-8-14)23-25-21(26)33-13-18(28)22-24-20(29)15-5-4-6-16(12-15)27(30)31/h3-10,12H,1,11,13H2,2H3,(H,22,28)(H,24,29). The van der Waals surface area contributed by atoms with E-state index in [1.165, 1.54) is 18.2 Å². The van der Waals surface area contributed by atoms with Gasteiger partial charge >= 0.3 is 0 Å². The van der Waals surface area contributed by atoms with Crippen LogP contribution in [0.25, 0.3) is 11.4 Å². The highest BCUT2D eigenvalue weighted by Gasteiger charge is 2.16. The number of allylic oxidation sites excluding steroid dienone is 1. The molecule has 2 N–H and O–H groups in total. The number of carbonyl (C=O) groups excluding carboxylic acids is 2. The van der Waals surface area contributed by atoms with Crippen molar-refractivity contribution in [2.24, 2.45) is 0 Å². The highest BCUT2D eigenvalue weighted by atomic mass is 32.2. The van der Waals surface area contributed by atoms with Gasteiger partial charge in [-0.05, 0) is 30.3 Å². The van der Waals surface area contributed by atoms with Gasteiger partial charge in [0.2, 0.25) is 5.91 Å². The summed E-state index contributed by atoms with van der Waals surface area (Å²) < 4.78 is 6.98. The Kier molecular flexibility index (Phi) is 7.76. The Bertz CT molecular complexity index is 1180. The molecule has 11 nitrogen and oxygen atoms in total. The van der Waals surface area contributed by atoms with Crippen molar-refractivity contribution >= 4 is 29.3 Å². The molecule has 0 bridgehead atoms. The Hall–Kier alpha value is -4.19. The average molecular weight is 468 g/mol. The second-order valence-electron chi connectivity index (χ2n) is 6.53. The fraction of sp³-hybridized carbons (Fsp3) is 0.143. The molecule has 12 heteroatoms. The fourth-order valence-corrected chi connectivity index (χ4v) is 3.52. The second kappa shape index (κ2) is 10.9. The van der Waals surface area contributed by atoms with Gasteiger partial charge in [0, 0.05) is 29.8 Å². The van der Waals surface area contributed by atoms with Gasteiger partial charge in [0.1, 0.15) is 5.75 Å². The molecule has 0 spiro atoms. The lowest BCUT2D eigenvalue weighted by molar-refractivity contribution is -0.384. The number of amides is 2. The molecular weight excluding hydrogens is 448 g/mol. The van der Waals surface area contributed by atoms with E-state index in [9.17, 15) is 19.7 Å². The number of benzene rings is 2. The molecule has 2 aromatic carbocycles. The molecule has 0 aliphatic rings. The van der Waals surface area contributed by atoms with Crippen LogP contribution in [0.5, 0.6) is 5.75 Å². The number of thioether (sulfide) groups is 1. The maximum Gasteiger partial charge on any atom is 0.270 e. The lowest BCUT2D eigenvalue weighted by Crippen LogP contribution is -2.42. The number of hydrogen-bond donors (Lipinski definition) is 2. The molecule has 1 heterocycles. The number of hydrogen-bond acceptors (Lipinski definition) is 8. The van der Waals surface area contributed by atoms with E-state index in [0.29, 0.717) is 23.3 Å². The molecule has 2 amide bonds. The number of rotatable bonds is 9. The number of aromatic nitrogens is 3. The highest BCUT2D eigenvalue weighted by Crippen LogP contribution is 2.25. The third kappa shape index (κ3) is 5.95. The van der Waals surface area contributed by atoms with Crippen LogP contribution in [0.1, 0.15) is 10.4 Å². The Morgan fingerprint density at radius 2 is 1.97 bits per heavy atom. The maximum atomic E-state index is 12.2. The molecule has 0 aliphatic heterocycles. The maximum absolute atomic E-state index is 12.2. The topological polar surface area (TPSA) is 141 Å². The van der Waals surface area contributed by atoms with Crippen molar-refractivity contribution in [3.63, 3.8) is 0 Å². The van der Waals surface area contributed by atoms with Crippen LogP contribution in [0, 0.1) is 10.1 Å². The van der Waals surface area contributed by atoms with Crippen LogP contribution in [0.3, 0.4) is 0 Å². The first kappa shape index (κ1) is 23.5. The number of hydrazine groups is 1. The van der Waals surface area contributed by atoms with Crippen LogP contribution in [-0.2, 0) is 11.3 Å². The molecule has 0 unspecified atom stereocenters. The van der Waals surface area contributed by atoms with E-state index in [1.54, 1.807) is 13.2 Å². The van der Waals surface area contributed by atoms with E-state index < -0.39 is 16.7 Å². The molecule has 0 atom stereocenters. The number of nitro benzene ring substituents is 1. The number of non-ortho nitro benzene ring substituents is 1. The zero-order chi connectivity index (χ0) is 23.8. The summed E-state index contributed by atoms with van der Waals surface area (Å²) in [6, 6.07) is 12.5. The number of nitro groups is 1. The average Bonchev–Trinajstić information content (AvgIpc) is 3.24. The van der Waals surface area contributed by atoms with E-state index in [2.05, 4.69) is 27.6 Å². The minimum Gasteiger partial charge on any atom is -0.497 e. The Labute approximate surface area is 193 Å². The van der Waals surface area contributed by atoms with Crippen molar-refractivity contribution in [2.75, 3.05) is 12.9 Å². The first-order valence-electron chi connectivity index (χ1n) is 9.58. The number of carbonyl (C=O) groups is 2. The zero-order valence-corrected chi connectivity index (χ0v) is 18.4. The zero-order valence-electron chi connectivity index (χ0n) is 17.6. The van der Waals surface area contributed by atoms with Gasteiger partial charge in [-0.2, -0.15) is 0 Å². The summed E-state index contributed by atoms with van der Waals surface area (Å²) in [6.45, 7) is 4.19. The molecule has 0 saturated heterocycles. The molecule has 0 radical (unpaired) electrons. The van der Waals surface area contributed by atoms with Gasteiger partial charge in [-0.25, -0.2) is 0 Å². The summed E-state index contributed by atoms with van der Waals surface area (Å²) in [5.41, 5.74) is 5.17. The highest BCUT2D eigenvalue weighted by molar-refractivity contribution is 7.99. The van der Waals surface area contributed by atoms with Crippen LogP contribution < -0.4 is 15.6 Å². The number of nitrogens with zero attached hydrogens (tertiary/aromatic N) is 4. The Balaban J connectivity index is 1.61. The van der Waals surface area contributed by atoms with Crippen molar-refractivity contribution in [1.82, 2.24) is 25.6 Å².